The molecule has 0 saturated heterocycles. The standard InChI is InChI=1S/C24H29N3O2/c1-6-9-27(24(29)25-20-8-7-16(3)17(4)12-20)14-19-13-22(28)26-23-18(5)10-15(2)11-21(19)23/h7-8,10-13H,6,9,14H2,1-5H3,(H,25,29)(H,26,28). The molecule has 2 aromatic carbocycles. The van der Waals surface area contributed by atoms with Crippen LogP contribution in [0.3, 0.4) is 0 Å². The molecule has 0 radical (unpaired) electrons. The van der Waals surface area contributed by atoms with Crippen molar-refractivity contribution in [2.24, 2.45) is 0 Å². The van der Waals surface area contributed by atoms with Crippen molar-refractivity contribution in [3.05, 3.63) is 74.6 Å². The number of hydrogen-bond donors (Lipinski definition) is 2. The number of nitrogens with one attached hydrogen (secondary N) is 2. The number of urea groups is 1. The Morgan fingerprint density at radius 2 is 1.76 bits per heavy atom. The number of fused-ring (bicyclic) bond motifs is 1. The van der Waals surface area contributed by atoms with Gasteiger partial charge in [0.1, 0.15) is 0 Å². The zero-order chi connectivity index (χ0) is 21.1. The normalized spacial score (nSPS) is 10.9. The van der Waals surface area contributed by atoms with Gasteiger partial charge in [-0.25, -0.2) is 4.79 Å². The van der Waals surface area contributed by atoms with Gasteiger partial charge in [-0.1, -0.05) is 24.6 Å². The Hall–Kier alpha value is -3.08. The van der Waals surface area contributed by atoms with E-state index in [0.29, 0.717) is 13.1 Å². The van der Waals surface area contributed by atoms with Gasteiger partial charge in [0.15, 0.2) is 0 Å². The second-order valence-corrected chi connectivity index (χ2v) is 7.81. The van der Waals surface area contributed by atoms with Gasteiger partial charge >= 0.3 is 6.03 Å². The van der Waals surface area contributed by atoms with Crippen LogP contribution in [-0.4, -0.2) is 22.5 Å². The largest absolute Gasteiger partial charge is 0.322 e. The minimum absolute atomic E-state index is 0.148. The van der Waals surface area contributed by atoms with E-state index >= 15 is 0 Å². The topological polar surface area (TPSA) is 65.2 Å². The highest BCUT2D eigenvalue weighted by molar-refractivity contribution is 5.90. The molecule has 1 aromatic heterocycles. The molecule has 0 atom stereocenters. The van der Waals surface area contributed by atoms with E-state index in [1.165, 1.54) is 5.56 Å². The molecular weight excluding hydrogens is 362 g/mol. The summed E-state index contributed by atoms with van der Waals surface area (Å²) >= 11 is 0. The van der Waals surface area contributed by atoms with Crippen LogP contribution < -0.4 is 10.9 Å². The molecule has 152 valence electrons. The third-order valence-corrected chi connectivity index (χ3v) is 5.28. The van der Waals surface area contributed by atoms with Crippen molar-refractivity contribution in [2.45, 2.75) is 47.6 Å². The van der Waals surface area contributed by atoms with Crippen LogP contribution in [0, 0.1) is 27.7 Å². The maximum absolute atomic E-state index is 13.0. The van der Waals surface area contributed by atoms with Crippen LogP contribution in [0.2, 0.25) is 0 Å². The molecule has 3 rings (SSSR count). The van der Waals surface area contributed by atoms with Gasteiger partial charge in [0, 0.05) is 30.2 Å². The van der Waals surface area contributed by atoms with Crippen molar-refractivity contribution < 1.29 is 4.79 Å². The molecule has 0 bridgehead atoms. The van der Waals surface area contributed by atoms with E-state index in [1.54, 1.807) is 11.0 Å². The van der Waals surface area contributed by atoms with Crippen molar-refractivity contribution in [1.82, 2.24) is 9.88 Å². The first-order chi connectivity index (χ1) is 13.8. The van der Waals surface area contributed by atoms with Gasteiger partial charge in [0.05, 0.1) is 5.52 Å². The van der Waals surface area contributed by atoms with E-state index in [2.05, 4.69) is 22.4 Å². The lowest BCUT2D eigenvalue weighted by molar-refractivity contribution is 0.209. The maximum Gasteiger partial charge on any atom is 0.322 e. The van der Waals surface area contributed by atoms with Gasteiger partial charge in [-0.2, -0.15) is 0 Å². The number of aromatic nitrogens is 1. The molecule has 0 spiro atoms. The van der Waals surface area contributed by atoms with Crippen LogP contribution in [0.15, 0.2) is 41.2 Å². The van der Waals surface area contributed by atoms with Gasteiger partial charge in [-0.05, 0) is 74.6 Å². The molecule has 0 aliphatic heterocycles. The number of H-pyrrole nitrogens is 1. The van der Waals surface area contributed by atoms with E-state index < -0.39 is 0 Å². The Balaban J connectivity index is 1.93. The first kappa shape index (κ1) is 20.6. The van der Waals surface area contributed by atoms with Gasteiger partial charge in [-0.15, -0.1) is 0 Å². The first-order valence-electron chi connectivity index (χ1n) is 10.0. The zero-order valence-corrected chi connectivity index (χ0v) is 17.8. The number of carbonyl (C=O) groups is 1. The van der Waals surface area contributed by atoms with Crippen molar-refractivity contribution in [2.75, 3.05) is 11.9 Å². The summed E-state index contributed by atoms with van der Waals surface area (Å²) in [6.45, 7) is 11.1. The number of nitrogens with zero attached hydrogens (tertiary/aromatic N) is 1. The Morgan fingerprint density at radius 1 is 1.00 bits per heavy atom. The summed E-state index contributed by atoms with van der Waals surface area (Å²) in [6, 6.07) is 11.5. The fourth-order valence-corrected chi connectivity index (χ4v) is 3.66. The Bertz CT molecular complexity index is 1120. The summed E-state index contributed by atoms with van der Waals surface area (Å²) in [5.74, 6) is 0. The lowest BCUT2D eigenvalue weighted by Crippen LogP contribution is -2.35. The molecule has 1 heterocycles. The van der Waals surface area contributed by atoms with Crippen molar-refractivity contribution in [3.63, 3.8) is 0 Å². The van der Waals surface area contributed by atoms with E-state index in [9.17, 15) is 9.59 Å². The number of carbonyl (C=O) groups excluding carboxylic acids is 1. The number of benzene rings is 2. The molecule has 2 amide bonds. The molecule has 0 aliphatic carbocycles. The third-order valence-electron chi connectivity index (χ3n) is 5.28. The monoisotopic (exact) mass is 391 g/mol. The van der Waals surface area contributed by atoms with Crippen molar-refractivity contribution >= 4 is 22.6 Å². The number of rotatable bonds is 5. The minimum Gasteiger partial charge on any atom is -0.322 e. The van der Waals surface area contributed by atoms with Crippen molar-refractivity contribution in [1.29, 1.82) is 0 Å². The molecular formula is C24H29N3O2. The van der Waals surface area contributed by atoms with Crippen LogP contribution in [0.4, 0.5) is 10.5 Å². The van der Waals surface area contributed by atoms with Crippen LogP contribution >= 0.6 is 0 Å². The second-order valence-electron chi connectivity index (χ2n) is 7.81. The Labute approximate surface area is 171 Å². The molecule has 3 aromatic rings. The highest BCUT2D eigenvalue weighted by Crippen LogP contribution is 2.23. The number of pyridine rings is 1. The fourth-order valence-electron chi connectivity index (χ4n) is 3.66. The molecule has 0 aliphatic rings. The molecule has 2 N–H and O–H groups in total. The molecule has 0 saturated carbocycles. The summed E-state index contributed by atoms with van der Waals surface area (Å²) in [5.41, 5.74) is 6.81. The summed E-state index contributed by atoms with van der Waals surface area (Å²) in [6.07, 6.45) is 0.833. The average molecular weight is 392 g/mol. The van der Waals surface area contributed by atoms with Crippen LogP contribution in [0.1, 0.15) is 41.2 Å². The molecule has 29 heavy (non-hydrogen) atoms. The summed E-state index contributed by atoms with van der Waals surface area (Å²) < 4.78 is 0. The van der Waals surface area contributed by atoms with E-state index in [1.807, 2.05) is 52.8 Å². The highest BCUT2D eigenvalue weighted by atomic mass is 16.2. The zero-order valence-electron chi connectivity index (χ0n) is 17.8. The Morgan fingerprint density at radius 3 is 2.45 bits per heavy atom. The molecule has 5 nitrogen and oxygen atoms in total. The predicted molar refractivity (Wildman–Crippen MR) is 120 cm³/mol. The third kappa shape index (κ3) is 4.67. The van der Waals surface area contributed by atoms with Crippen LogP contribution in [0.25, 0.3) is 10.9 Å². The van der Waals surface area contributed by atoms with Gasteiger partial charge in [-0.3, -0.25) is 4.79 Å². The average Bonchev–Trinajstić information content (AvgIpc) is 2.65. The van der Waals surface area contributed by atoms with E-state index in [4.69, 9.17) is 0 Å². The molecule has 0 fully saturated rings. The number of aryl methyl sites for hydroxylation is 4. The van der Waals surface area contributed by atoms with E-state index in [0.717, 1.165) is 45.3 Å². The smallest absolute Gasteiger partial charge is 0.322 e. The SMILES string of the molecule is CCCN(Cc1cc(=O)[nH]c2c(C)cc(C)cc12)C(=O)Nc1ccc(C)c(C)c1. The lowest BCUT2D eigenvalue weighted by atomic mass is 10.0. The number of anilines is 1. The van der Waals surface area contributed by atoms with Crippen LogP contribution in [-0.2, 0) is 6.54 Å². The predicted octanol–water partition coefficient (Wildman–Crippen LogP) is 5.21. The number of hydrogen-bond acceptors (Lipinski definition) is 2. The van der Waals surface area contributed by atoms with E-state index in [-0.39, 0.29) is 11.6 Å². The summed E-state index contributed by atoms with van der Waals surface area (Å²) in [5, 5.41) is 3.99. The lowest BCUT2D eigenvalue weighted by Gasteiger charge is -2.24. The molecule has 5 heteroatoms. The highest BCUT2D eigenvalue weighted by Gasteiger charge is 2.16. The quantitative estimate of drug-likeness (QED) is 0.627. The number of amides is 2. The van der Waals surface area contributed by atoms with Gasteiger partial charge in [0.2, 0.25) is 5.56 Å². The van der Waals surface area contributed by atoms with Gasteiger partial charge in [0.25, 0.3) is 0 Å². The Kier molecular flexibility index (Phi) is 6.06. The first-order valence-corrected chi connectivity index (χ1v) is 10.0. The number of aromatic amines is 1. The summed E-state index contributed by atoms with van der Waals surface area (Å²) in [4.78, 5) is 29.9. The van der Waals surface area contributed by atoms with Crippen LogP contribution in [0.5, 0.6) is 0 Å². The molecule has 0 unspecified atom stereocenters. The van der Waals surface area contributed by atoms with Crippen molar-refractivity contribution in [3.8, 4) is 0 Å². The summed E-state index contributed by atoms with van der Waals surface area (Å²) in [7, 11) is 0. The maximum atomic E-state index is 13.0. The fraction of sp³-hybridized carbons (Fsp3) is 0.333. The minimum atomic E-state index is -0.159. The van der Waals surface area contributed by atoms with Gasteiger partial charge < -0.3 is 15.2 Å². The second kappa shape index (κ2) is 8.52.